The lowest BCUT2D eigenvalue weighted by atomic mass is 10.1. The minimum absolute atomic E-state index is 0.0541. The van der Waals surface area contributed by atoms with Crippen molar-refractivity contribution < 1.29 is 9.59 Å². The van der Waals surface area contributed by atoms with Gasteiger partial charge in [0.15, 0.2) is 0 Å². The van der Waals surface area contributed by atoms with Crippen LogP contribution in [0, 0.1) is 6.92 Å². The third-order valence-corrected chi connectivity index (χ3v) is 5.65. The molecule has 0 atom stereocenters. The summed E-state index contributed by atoms with van der Waals surface area (Å²) >= 11 is 6.22. The Morgan fingerprint density at radius 2 is 1.77 bits per heavy atom. The molecule has 2 N–H and O–H groups in total. The first-order chi connectivity index (χ1) is 15.0. The van der Waals surface area contributed by atoms with Crippen molar-refractivity contribution in [3.63, 3.8) is 0 Å². The van der Waals surface area contributed by atoms with Crippen LogP contribution >= 0.6 is 11.6 Å². The summed E-state index contributed by atoms with van der Waals surface area (Å²) in [6, 6.07) is 16.8. The van der Waals surface area contributed by atoms with Gasteiger partial charge in [-0.05, 0) is 31.2 Å². The second kappa shape index (κ2) is 9.32. The molecule has 0 saturated carbocycles. The summed E-state index contributed by atoms with van der Waals surface area (Å²) in [5.41, 5.74) is 3.79. The van der Waals surface area contributed by atoms with Crippen molar-refractivity contribution in [1.29, 1.82) is 0 Å². The highest BCUT2D eigenvalue weighted by Crippen LogP contribution is 2.26. The highest BCUT2D eigenvalue weighted by Gasteiger charge is 2.25. The number of aromatic amines is 1. The molecule has 160 valence electrons. The predicted octanol–water partition coefficient (Wildman–Crippen LogP) is 3.44. The van der Waals surface area contributed by atoms with Crippen molar-refractivity contribution in [2.75, 3.05) is 38.0 Å². The molecule has 0 bridgehead atoms. The Bertz CT molecular complexity index is 1070. The van der Waals surface area contributed by atoms with Crippen LogP contribution in [0.2, 0.25) is 5.02 Å². The van der Waals surface area contributed by atoms with Crippen LogP contribution in [-0.4, -0.2) is 64.5 Å². The molecular weight excluding hydrogens is 414 g/mol. The Balaban J connectivity index is 1.29. The van der Waals surface area contributed by atoms with E-state index in [1.54, 1.807) is 17.0 Å². The number of aryl methyl sites for hydroxylation is 1. The average Bonchev–Trinajstić information content (AvgIpc) is 3.26. The number of hydrogen-bond donors (Lipinski definition) is 2. The summed E-state index contributed by atoms with van der Waals surface area (Å²) in [5, 5.41) is 10.6. The van der Waals surface area contributed by atoms with Gasteiger partial charge in [-0.3, -0.25) is 19.6 Å². The van der Waals surface area contributed by atoms with Crippen molar-refractivity contribution in [3.05, 3.63) is 70.9 Å². The fourth-order valence-corrected chi connectivity index (χ4v) is 3.79. The zero-order chi connectivity index (χ0) is 21.8. The Labute approximate surface area is 186 Å². The van der Waals surface area contributed by atoms with E-state index < -0.39 is 0 Å². The smallest absolute Gasteiger partial charge is 0.271 e. The van der Waals surface area contributed by atoms with Gasteiger partial charge in [-0.2, -0.15) is 5.10 Å². The van der Waals surface area contributed by atoms with E-state index in [2.05, 4.69) is 20.4 Å². The molecule has 2 amide bonds. The molecule has 0 spiro atoms. The molecule has 1 aromatic heterocycles. The van der Waals surface area contributed by atoms with Crippen LogP contribution in [-0.2, 0) is 4.79 Å². The number of nitrogens with one attached hydrogen (secondary N) is 2. The molecule has 2 heterocycles. The number of aromatic nitrogens is 2. The van der Waals surface area contributed by atoms with E-state index in [1.165, 1.54) is 0 Å². The number of carbonyl (C=O) groups excluding carboxylic acids is 2. The lowest BCUT2D eigenvalue weighted by Gasteiger charge is -2.34. The lowest BCUT2D eigenvalue weighted by Crippen LogP contribution is -2.50. The monoisotopic (exact) mass is 437 g/mol. The van der Waals surface area contributed by atoms with Crippen LogP contribution in [0.3, 0.4) is 0 Å². The fourth-order valence-electron chi connectivity index (χ4n) is 3.56. The minimum atomic E-state index is -0.102. The number of piperazine rings is 1. The Hall–Kier alpha value is -3.16. The maximum absolute atomic E-state index is 12.9. The van der Waals surface area contributed by atoms with Gasteiger partial charge in [-0.15, -0.1) is 0 Å². The number of nitrogens with zero attached hydrogens (tertiary/aromatic N) is 3. The molecule has 2 aromatic carbocycles. The molecule has 1 aliphatic heterocycles. The molecular formula is C23H24ClN5O2. The second-order valence-corrected chi connectivity index (χ2v) is 8.04. The Morgan fingerprint density at radius 3 is 2.48 bits per heavy atom. The minimum Gasteiger partial charge on any atom is -0.335 e. The summed E-state index contributed by atoms with van der Waals surface area (Å²) < 4.78 is 0. The van der Waals surface area contributed by atoms with Crippen LogP contribution in [0.4, 0.5) is 5.69 Å². The van der Waals surface area contributed by atoms with Gasteiger partial charge in [0.05, 0.1) is 17.3 Å². The topological polar surface area (TPSA) is 81.3 Å². The van der Waals surface area contributed by atoms with Crippen molar-refractivity contribution >= 4 is 29.1 Å². The normalized spacial score (nSPS) is 14.5. The number of anilines is 1. The van der Waals surface area contributed by atoms with Crippen molar-refractivity contribution in [2.24, 2.45) is 0 Å². The maximum Gasteiger partial charge on any atom is 0.271 e. The number of rotatable bonds is 5. The molecule has 31 heavy (non-hydrogen) atoms. The van der Waals surface area contributed by atoms with E-state index in [9.17, 15) is 9.59 Å². The van der Waals surface area contributed by atoms with Crippen molar-refractivity contribution in [1.82, 2.24) is 20.0 Å². The predicted molar refractivity (Wildman–Crippen MR) is 121 cm³/mol. The summed E-state index contributed by atoms with van der Waals surface area (Å²) in [5.74, 6) is -0.156. The molecule has 8 heteroatoms. The Morgan fingerprint density at radius 1 is 1.06 bits per heavy atom. The number of benzene rings is 2. The van der Waals surface area contributed by atoms with Crippen molar-refractivity contribution in [3.8, 4) is 11.3 Å². The number of hydrogen-bond acceptors (Lipinski definition) is 4. The largest absolute Gasteiger partial charge is 0.335 e. The van der Waals surface area contributed by atoms with Crippen LogP contribution in [0.1, 0.15) is 16.1 Å². The third kappa shape index (κ3) is 5.13. The first kappa shape index (κ1) is 21.1. The molecule has 1 fully saturated rings. The van der Waals surface area contributed by atoms with Crippen LogP contribution in [0.15, 0.2) is 54.6 Å². The van der Waals surface area contributed by atoms with Gasteiger partial charge in [0.2, 0.25) is 5.91 Å². The molecule has 0 radical (unpaired) electrons. The molecule has 7 nitrogen and oxygen atoms in total. The Kier molecular flexibility index (Phi) is 6.34. The van der Waals surface area contributed by atoms with E-state index in [1.807, 2.05) is 49.4 Å². The first-order valence-electron chi connectivity index (χ1n) is 10.2. The van der Waals surface area contributed by atoms with Gasteiger partial charge in [0.25, 0.3) is 5.91 Å². The molecule has 3 aromatic rings. The molecule has 1 aliphatic rings. The maximum atomic E-state index is 12.9. The van der Waals surface area contributed by atoms with Gasteiger partial charge in [0.1, 0.15) is 5.69 Å². The standard InChI is InChI=1S/C23H24ClN5O2/c1-16-6-8-17(9-7-16)25-22(30)15-28-10-12-29(13-11-28)23(31)21-14-20(26-27-21)18-4-2-3-5-19(18)24/h2-9,14H,10-13,15H2,1H3,(H,25,30)(H,26,27). The summed E-state index contributed by atoms with van der Waals surface area (Å²) in [6.07, 6.45) is 0. The average molecular weight is 438 g/mol. The molecule has 0 unspecified atom stereocenters. The van der Waals surface area contributed by atoms with Gasteiger partial charge in [-0.1, -0.05) is 47.5 Å². The fraction of sp³-hybridized carbons (Fsp3) is 0.261. The van der Waals surface area contributed by atoms with Gasteiger partial charge < -0.3 is 10.2 Å². The molecule has 1 saturated heterocycles. The summed E-state index contributed by atoms with van der Waals surface area (Å²) in [4.78, 5) is 29.0. The highest BCUT2D eigenvalue weighted by molar-refractivity contribution is 6.33. The molecule has 4 rings (SSSR count). The van der Waals surface area contributed by atoms with Crippen LogP contribution < -0.4 is 5.32 Å². The van der Waals surface area contributed by atoms with Gasteiger partial charge in [-0.25, -0.2) is 0 Å². The van der Waals surface area contributed by atoms with E-state index in [4.69, 9.17) is 11.6 Å². The summed E-state index contributed by atoms with van der Waals surface area (Å²) in [6.45, 7) is 4.69. The lowest BCUT2D eigenvalue weighted by molar-refractivity contribution is -0.117. The highest BCUT2D eigenvalue weighted by atomic mass is 35.5. The van der Waals surface area contributed by atoms with E-state index in [0.717, 1.165) is 16.8 Å². The number of halogens is 1. The number of H-pyrrole nitrogens is 1. The van der Waals surface area contributed by atoms with E-state index >= 15 is 0 Å². The van der Waals surface area contributed by atoms with E-state index in [-0.39, 0.29) is 11.8 Å². The van der Waals surface area contributed by atoms with Crippen LogP contribution in [0.5, 0.6) is 0 Å². The second-order valence-electron chi connectivity index (χ2n) is 7.63. The first-order valence-corrected chi connectivity index (χ1v) is 10.6. The van der Waals surface area contributed by atoms with E-state index in [0.29, 0.717) is 49.1 Å². The van der Waals surface area contributed by atoms with Crippen molar-refractivity contribution in [2.45, 2.75) is 6.92 Å². The van der Waals surface area contributed by atoms with Crippen LogP contribution in [0.25, 0.3) is 11.3 Å². The quantitative estimate of drug-likeness (QED) is 0.640. The number of carbonyl (C=O) groups is 2. The van der Waals surface area contributed by atoms with Gasteiger partial charge >= 0.3 is 0 Å². The number of amides is 2. The zero-order valence-corrected chi connectivity index (χ0v) is 18.0. The molecule has 0 aliphatic carbocycles. The van der Waals surface area contributed by atoms with Gasteiger partial charge in [0, 0.05) is 37.4 Å². The third-order valence-electron chi connectivity index (χ3n) is 5.32. The summed E-state index contributed by atoms with van der Waals surface area (Å²) in [7, 11) is 0. The zero-order valence-electron chi connectivity index (χ0n) is 17.3. The SMILES string of the molecule is Cc1ccc(NC(=O)CN2CCN(C(=O)c3cc(-c4ccccc4Cl)n[nH]3)CC2)cc1.